The summed E-state index contributed by atoms with van der Waals surface area (Å²) < 4.78 is 16.6. The number of Topliss-reactive ketones (excluding diaryl/α,β-unsaturated/α-hetero) is 1. The summed E-state index contributed by atoms with van der Waals surface area (Å²) in [7, 11) is 2.93. The molecule has 6 atom stereocenters. The molecule has 2 amide bonds. The topological polar surface area (TPSA) is 179 Å². The summed E-state index contributed by atoms with van der Waals surface area (Å²) >= 11 is 0. The van der Waals surface area contributed by atoms with E-state index < -0.39 is 53.8 Å². The number of hydroxylamine groups is 1. The van der Waals surface area contributed by atoms with E-state index in [2.05, 4.69) is 16.1 Å². The molecule has 13 heteroatoms. The average molecular weight is 680 g/mol. The molecule has 1 aliphatic heterocycles. The van der Waals surface area contributed by atoms with E-state index in [-0.39, 0.29) is 54.4 Å². The highest BCUT2D eigenvalue weighted by molar-refractivity contribution is 6.24. The molecular formula is C36H45N3O10. The molecule has 0 spiro atoms. The van der Waals surface area contributed by atoms with E-state index in [0.29, 0.717) is 5.57 Å². The Morgan fingerprint density at radius 3 is 2.45 bits per heavy atom. The van der Waals surface area contributed by atoms with Crippen LogP contribution in [0.25, 0.3) is 0 Å². The van der Waals surface area contributed by atoms with Crippen molar-refractivity contribution < 1.29 is 48.1 Å². The number of hydrogen-bond acceptors (Lipinski definition) is 11. The summed E-state index contributed by atoms with van der Waals surface area (Å²) in [6, 6.07) is 8.30. The van der Waals surface area contributed by atoms with Gasteiger partial charge in [0.1, 0.15) is 6.61 Å². The molecule has 0 unspecified atom stereocenters. The fourth-order valence-corrected chi connectivity index (χ4v) is 5.59. The van der Waals surface area contributed by atoms with Crippen molar-refractivity contribution in [2.75, 3.05) is 14.2 Å². The van der Waals surface area contributed by atoms with E-state index in [4.69, 9.17) is 19.0 Å². The fourth-order valence-electron chi connectivity index (χ4n) is 5.59. The molecule has 0 aromatic heterocycles. The minimum Gasteiger partial charge on any atom is -0.444 e. The van der Waals surface area contributed by atoms with Gasteiger partial charge in [0.15, 0.2) is 0 Å². The highest BCUT2D eigenvalue weighted by atomic mass is 16.7. The first-order chi connectivity index (χ1) is 23.4. The molecule has 2 aliphatic rings. The van der Waals surface area contributed by atoms with Crippen molar-refractivity contribution in [3.8, 4) is 0 Å². The minimum absolute atomic E-state index is 0.00398. The summed E-state index contributed by atoms with van der Waals surface area (Å²) in [6.45, 7) is 7.12. The molecule has 1 heterocycles. The molecule has 49 heavy (non-hydrogen) atoms. The molecule has 0 radical (unpaired) electrons. The van der Waals surface area contributed by atoms with Gasteiger partial charge in [-0.25, -0.2) is 4.79 Å². The maximum atomic E-state index is 13.8. The van der Waals surface area contributed by atoms with Gasteiger partial charge in [0.25, 0.3) is 5.91 Å². The van der Waals surface area contributed by atoms with Crippen molar-refractivity contribution in [2.45, 2.75) is 71.5 Å². The lowest BCUT2D eigenvalue weighted by Gasteiger charge is -2.30. The Hall–Kier alpha value is -4.69. The van der Waals surface area contributed by atoms with Crippen LogP contribution in [0.2, 0.25) is 0 Å². The maximum Gasteiger partial charge on any atom is 0.412 e. The molecule has 1 aliphatic carbocycles. The first-order valence-corrected chi connectivity index (χ1v) is 15.8. The van der Waals surface area contributed by atoms with E-state index in [1.807, 2.05) is 19.1 Å². The number of rotatable bonds is 8. The smallest absolute Gasteiger partial charge is 0.412 e. The number of alkyl carbamates (subject to hydrolysis) is 1. The number of carbonyl (C=O) groups is 5. The van der Waals surface area contributed by atoms with Gasteiger partial charge in [0.05, 0.1) is 35.7 Å². The van der Waals surface area contributed by atoms with E-state index >= 15 is 0 Å². The van der Waals surface area contributed by atoms with E-state index in [1.165, 1.54) is 27.2 Å². The quantitative estimate of drug-likeness (QED) is 0.137. The molecule has 2 bridgehead atoms. The highest BCUT2D eigenvalue weighted by Gasteiger charge is 2.34. The van der Waals surface area contributed by atoms with Gasteiger partial charge in [0, 0.05) is 37.4 Å². The van der Waals surface area contributed by atoms with Crippen LogP contribution >= 0.6 is 0 Å². The van der Waals surface area contributed by atoms with Gasteiger partial charge in [-0.15, -0.1) is 5.48 Å². The summed E-state index contributed by atoms with van der Waals surface area (Å²) in [4.78, 5) is 69.0. The number of aliphatic hydroxyl groups excluding tert-OH is 1. The normalized spacial score (nSPS) is 28.6. The number of ether oxygens (including phenoxy) is 3. The molecule has 264 valence electrons. The van der Waals surface area contributed by atoms with Gasteiger partial charge in [-0.1, -0.05) is 74.1 Å². The average Bonchev–Trinajstić information content (AvgIpc) is 3.08. The van der Waals surface area contributed by atoms with Crippen LogP contribution in [0.15, 0.2) is 88.8 Å². The molecule has 1 aromatic carbocycles. The Bertz CT molecular complexity index is 1530. The van der Waals surface area contributed by atoms with Gasteiger partial charge in [-0.3, -0.25) is 24.5 Å². The lowest BCUT2D eigenvalue weighted by molar-refractivity contribution is -0.138. The van der Waals surface area contributed by atoms with Crippen LogP contribution in [0, 0.1) is 11.8 Å². The third-order valence-electron chi connectivity index (χ3n) is 8.31. The Morgan fingerprint density at radius 1 is 1.08 bits per heavy atom. The molecule has 0 fully saturated rings. The van der Waals surface area contributed by atoms with Crippen LogP contribution in [0.5, 0.6) is 0 Å². The van der Waals surface area contributed by atoms with Crippen molar-refractivity contribution in [2.24, 2.45) is 11.8 Å². The summed E-state index contributed by atoms with van der Waals surface area (Å²) in [5.74, 6) is -2.78. The summed E-state index contributed by atoms with van der Waals surface area (Å²) in [6.07, 6.45) is 4.44. The summed E-state index contributed by atoms with van der Waals surface area (Å²) in [5.41, 5.74) is 3.76. The third kappa shape index (κ3) is 10.9. The standard InChI is InChI=1S/C36H45N3O10/c1-21-15-26-32(38-36(45)48-19-25-12-8-7-9-13-25)28(41)18-27(34(26)43)37-35(44)22(2)11-10-14-29(46-5)31(39-49-20-40)23(3)17-24(4)33(42)30(16-21)47-6/h7-14,17-18,20-21,24,29-31,33,39,42H,15-16,19H2,1-6H3,(H,37,44)(H,38,45)/b14-10-,22-11+,23-17+/t21-,24+,29+,30+,31+,33-/m1/s1. The van der Waals surface area contributed by atoms with Crippen LogP contribution in [0.4, 0.5) is 4.79 Å². The Labute approximate surface area is 286 Å². The molecular weight excluding hydrogens is 634 g/mol. The minimum atomic E-state index is -1.00. The number of carbonyl (C=O) groups excluding carboxylic acids is 5. The SMILES string of the molecule is CO[C@H]1/C=C\C=C(/C)C(=O)NC2=CC(=O)C(NC(=O)OCc3ccccc3)=C(C[C@@H](C)C[C@H](OC)[C@H](O)[C@@H](C)/C=C(\C)[C@@H]1NOC=O)C2=O. The predicted octanol–water partition coefficient (Wildman–Crippen LogP) is 3.27. The van der Waals surface area contributed by atoms with Gasteiger partial charge >= 0.3 is 12.6 Å². The van der Waals surface area contributed by atoms with Crippen molar-refractivity contribution in [1.29, 1.82) is 0 Å². The van der Waals surface area contributed by atoms with E-state index in [0.717, 1.165) is 11.6 Å². The zero-order valence-electron chi connectivity index (χ0n) is 28.6. The number of fused-ring (bicyclic) bond motifs is 2. The Kier molecular flexibility index (Phi) is 14.8. The van der Waals surface area contributed by atoms with Crippen molar-refractivity contribution in [1.82, 2.24) is 16.1 Å². The first kappa shape index (κ1) is 38.8. The van der Waals surface area contributed by atoms with Gasteiger partial charge in [-0.05, 0) is 38.2 Å². The van der Waals surface area contributed by atoms with Gasteiger partial charge < -0.3 is 29.5 Å². The lowest BCUT2D eigenvalue weighted by Crippen LogP contribution is -2.41. The number of amides is 2. The van der Waals surface area contributed by atoms with Crippen LogP contribution in [-0.4, -0.2) is 73.7 Å². The second kappa shape index (κ2) is 18.7. The third-order valence-corrected chi connectivity index (χ3v) is 8.31. The number of benzene rings is 1. The number of ketones is 2. The molecule has 0 saturated heterocycles. The molecule has 3 rings (SSSR count). The first-order valence-electron chi connectivity index (χ1n) is 15.8. The van der Waals surface area contributed by atoms with Crippen molar-refractivity contribution in [3.05, 3.63) is 94.4 Å². The highest BCUT2D eigenvalue weighted by Crippen LogP contribution is 2.28. The maximum absolute atomic E-state index is 13.8. The second-order valence-electron chi connectivity index (χ2n) is 12.1. The van der Waals surface area contributed by atoms with E-state index in [1.54, 1.807) is 50.3 Å². The zero-order chi connectivity index (χ0) is 36.1. The molecule has 0 saturated carbocycles. The monoisotopic (exact) mass is 679 g/mol. The number of nitrogens with one attached hydrogen (secondary N) is 3. The van der Waals surface area contributed by atoms with E-state index in [9.17, 15) is 29.1 Å². The Balaban J connectivity index is 2.01. The zero-order valence-corrected chi connectivity index (χ0v) is 28.6. The predicted molar refractivity (Wildman–Crippen MR) is 179 cm³/mol. The van der Waals surface area contributed by atoms with Gasteiger partial charge in [0.2, 0.25) is 11.6 Å². The molecule has 4 N–H and O–H groups in total. The second-order valence-corrected chi connectivity index (χ2v) is 12.1. The van der Waals surface area contributed by atoms with Crippen molar-refractivity contribution >= 4 is 30.0 Å². The van der Waals surface area contributed by atoms with Crippen LogP contribution in [-0.2, 0) is 44.8 Å². The largest absolute Gasteiger partial charge is 0.444 e. The van der Waals surface area contributed by atoms with Gasteiger partial charge in [-0.2, -0.15) is 0 Å². The number of hydrogen-bond donors (Lipinski definition) is 4. The van der Waals surface area contributed by atoms with Crippen LogP contribution < -0.4 is 16.1 Å². The van der Waals surface area contributed by atoms with Crippen LogP contribution in [0.1, 0.15) is 46.1 Å². The van der Waals surface area contributed by atoms with Crippen LogP contribution in [0.3, 0.4) is 0 Å². The number of methoxy groups -OCH3 is 2. The Morgan fingerprint density at radius 2 is 1.80 bits per heavy atom. The lowest BCUT2D eigenvalue weighted by atomic mass is 9.85. The van der Waals surface area contributed by atoms with Crippen molar-refractivity contribution in [3.63, 3.8) is 0 Å². The summed E-state index contributed by atoms with van der Waals surface area (Å²) in [5, 5.41) is 16.3. The fraction of sp³-hybridized carbons (Fsp3) is 0.417. The number of aliphatic hydroxyl groups is 1. The molecule has 1 aromatic rings. The number of allylic oxidation sites excluding steroid dienone is 4. The molecule has 13 nitrogen and oxygen atoms in total.